The predicted molar refractivity (Wildman–Crippen MR) is 107 cm³/mol. The van der Waals surface area contributed by atoms with Gasteiger partial charge in [0.25, 0.3) is 0 Å². The summed E-state index contributed by atoms with van der Waals surface area (Å²) in [7, 11) is 1.89. The molecule has 3 aromatic heterocycles. The SMILES string of the molecule is Cn1cc(-c2ccc3nnc(C4CCN(Cc5ccc(F)cc5)CC4)n3n2)cn1. The van der Waals surface area contributed by atoms with Crippen LogP contribution in [-0.4, -0.2) is 47.6 Å². The van der Waals surface area contributed by atoms with Crippen molar-refractivity contribution in [2.75, 3.05) is 13.1 Å². The summed E-state index contributed by atoms with van der Waals surface area (Å²) >= 11 is 0. The summed E-state index contributed by atoms with van der Waals surface area (Å²) < 4.78 is 16.7. The zero-order valence-corrected chi connectivity index (χ0v) is 16.2. The number of likely N-dealkylation sites (tertiary alicyclic amines) is 1. The summed E-state index contributed by atoms with van der Waals surface area (Å²) in [4.78, 5) is 2.40. The van der Waals surface area contributed by atoms with Crippen molar-refractivity contribution in [2.45, 2.75) is 25.3 Å². The summed E-state index contributed by atoms with van der Waals surface area (Å²) in [5, 5.41) is 17.8. The molecule has 5 rings (SSSR count). The molecular formula is C21H22FN7. The fourth-order valence-electron chi connectivity index (χ4n) is 3.96. The zero-order chi connectivity index (χ0) is 19.8. The molecule has 148 valence electrons. The Labute approximate surface area is 167 Å². The lowest BCUT2D eigenvalue weighted by Gasteiger charge is -2.31. The van der Waals surface area contributed by atoms with Crippen LogP contribution in [0.3, 0.4) is 0 Å². The number of piperidine rings is 1. The van der Waals surface area contributed by atoms with Gasteiger partial charge in [0.2, 0.25) is 0 Å². The second-order valence-electron chi connectivity index (χ2n) is 7.63. The highest BCUT2D eigenvalue weighted by Gasteiger charge is 2.25. The van der Waals surface area contributed by atoms with E-state index in [2.05, 4.69) is 20.2 Å². The summed E-state index contributed by atoms with van der Waals surface area (Å²) in [6.45, 7) is 2.79. The minimum absolute atomic E-state index is 0.190. The molecule has 7 nitrogen and oxygen atoms in total. The van der Waals surface area contributed by atoms with Gasteiger partial charge in [0.15, 0.2) is 11.5 Å². The van der Waals surface area contributed by atoms with Gasteiger partial charge in [0, 0.05) is 31.3 Å². The molecule has 1 aromatic carbocycles. The van der Waals surface area contributed by atoms with E-state index >= 15 is 0 Å². The molecule has 29 heavy (non-hydrogen) atoms. The molecular weight excluding hydrogens is 369 g/mol. The lowest BCUT2D eigenvalue weighted by Crippen LogP contribution is -2.33. The van der Waals surface area contributed by atoms with Gasteiger partial charge in [-0.3, -0.25) is 9.58 Å². The van der Waals surface area contributed by atoms with E-state index in [1.54, 1.807) is 4.68 Å². The number of aromatic nitrogens is 6. The lowest BCUT2D eigenvalue weighted by molar-refractivity contribution is 0.201. The van der Waals surface area contributed by atoms with E-state index in [1.807, 2.05) is 48.2 Å². The van der Waals surface area contributed by atoms with E-state index in [-0.39, 0.29) is 5.82 Å². The van der Waals surface area contributed by atoms with Crippen LogP contribution < -0.4 is 0 Å². The van der Waals surface area contributed by atoms with Crippen LogP contribution in [-0.2, 0) is 13.6 Å². The van der Waals surface area contributed by atoms with Crippen LogP contribution in [0, 0.1) is 5.82 Å². The molecule has 0 radical (unpaired) electrons. The van der Waals surface area contributed by atoms with E-state index in [1.165, 1.54) is 12.1 Å². The van der Waals surface area contributed by atoms with Gasteiger partial charge in [-0.25, -0.2) is 4.39 Å². The molecule has 4 aromatic rings. The number of benzene rings is 1. The first-order valence-corrected chi connectivity index (χ1v) is 9.84. The number of halogens is 1. The number of fused-ring (bicyclic) bond motifs is 1. The molecule has 0 amide bonds. The number of nitrogens with zero attached hydrogens (tertiary/aromatic N) is 7. The Kier molecular flexibility index (Phi) is 4.55. The van der Waals surface area contributed by atoms with E-state index in [9.17, 15) is 4.39 Å². The van der Waals surface area contributed by atoms with Gasteiger partial charge in [-0.05, 0) is 55.8 Å². The maximum Gasteiger partial charge on any atom is 0.177 e. The molecule has 1 fully saturated rings. The first-order chi connectivity index (χ1) is 14.2. The Morgan fingerprint density at radius 3 is 2.55 bits per heavy atom. The second-order valence-corrected chi connectivity index (χ2v) is 7.63. The van der Waals surface area contributed by atoms with Crippen LogP contribution in [0.4, 0.5) is 4.39 Å². The van der Waals surface area contributed by atoms with Crippen LogP contribution >= 0.6 is 0 Å². The minimum Gasteiger partial charge on any atom is -0.299 e. The van der Waals surface area contributed by atoms with Crippen LogP contribution in [0.2, 0.25) is 0 Å². The largest absolute Gasteiger partial charge is 0.299 e. The van der Waals surface area contributed by atoms with Crippen LogP contribution in [0.1, 0.15) is 30.1 Å². The summed E-state index contributed by atoms with van der Waals surface area (Å²) in [5.74, 6) is 1.06. The molecule has 1 saturated heterocycles. The second kappa shape index (κ2) is 7.36. The highest BCUT2D eigenvalue weighted by Crippen LogP contribution is 2.28. The standard InChI is InChI=1S/C21H22FN7/c1-27-14-17(12-23-27)19-6-7-20-24-25-21(29(20)26-19)16-8-10-28(11-9-16)13-15-2-4-18(22)5-3-15/h2-7,12,14,16H,8-11,13H2,1H3. The third kappa shape index (κ3) is 3.63. The first kappa shape index (κ1) is 17.9. The topological polar surface area (TPSA) is 64.1 Å². The van der Waals surface area contributed by atoms with E-state index in [4.69, 9.17) is 5.10 Å². The van der Waals surface area contributed by atoms with Gasteiger partial charge in [0.1, 0.15) is 5.82 Å². The Balaban J connectivity index is 1.32. The minimum atomic E-state index is -0.190. The highest BCUT2D eigenvalue weighted by atomic mass is 19.1. The zero-order valence-electron chi connectivity index (χ0n) is 16.2. The van der Waals surface area contributed by atoms with Crippen molar-refractivity contribution < 1.29 is 4.39 Å². The van der Waals surface area contributed by atoms with E-state index in [0.717, 1.165) is 60.8 Å². The maximum atomic E-state index is 13.1. The molecule has 0 unspecified atom stereocenters. The van der Waals surface area contributed by atoms with Crippen molar-refractivity contribution >= 4 is 5.65 Å². The summed E-state index contributed by atoms with van der Waals surface area (Å²) in [6.07, 6.45) is 5.76. The molecule has 8 heteroatoms. The van der Waals surface area contributed by atoms with Crippen molar-refractivity contribution in [2.24, 2.45) is 7.05 Å². The van der Waals surface area contributed by atoms with Gasteiger partial charge in [0.05, 0.1) is 11.9 Å². The number of aryl methyl sites for hydroxylation is 1. The fourth-order valence-corrected chi connectivity index (χ4v) is 3.96. The van der Waals surface area contributed by atoms with Crippen molar-refractivity contribution in [1.29, 1.82) is 0 Å². The van der Waals surface area contributed by atoms with Gasteiger partial charge in [-0.2, -0.15) is 14.7 Å². The molecule has 0 aliphatic carbocycles. The van der Waals surface area contributed by atoms with Crippen molar-refractivity contribution in [3.8, 4) is 11.3 Å². The molecule has 0 atom stereocenters. The smallest absolute Gasteiger partial charge is 0.177 e. The van der Waals surface area contributed by atoms with Crippen molar-refractivity contribution in [1.82, 2.24) is 34.5 Å². The number of rotatable bonds is 4. The van der Waals surface area contributed by atoms with Crippen molar-refractivity contribution in [3.63, 3.8) is 0 Å². The Bertz CT molecular complexity index is 1120. The molecule has 0 saturated carbocycles. The maximum absolute atomic E-state index is 13.1. The van der Waals surface area contributed by atoms with Crippen LogP contribution in [0.25, 0.3) is 16.9 Å². The lowest BCUT2D eigenvalue weighted by atomic mass is 9.95. The van der Waals surface area contributed by atoms with E-state index in [0.29, 0.717) is 5.92 Å². The molecule has 1 aliphatic rings. The van der Waals surface area contributed by atoms with Gasteiger partial charge < -0.3 is 0 Å². The molecule has 0 spiro atoms. The summed E-state index contributed by atoms with van der Waals surface area (Å²) in [6, 6.07) is 10.7. The molecule has 4 heterocycles. The van der Waals surface area contributed by atoms with Crippen LogP contribution in [0.15, 0.2) is 48.8 Å². The van der Waals surface area contributed by atoms with E-state index < -0.39 is 0 Å². The normalized spacial score (nSPS) is 15.9. The Hall–Kier alpha value is -3.13. The average molecular weight is 391 g/mol. The quantitative estimate of drug-likeness (QED) is 0.535. The van der Waals surface area contributed by atoms with Crippen LogP contribution in [0.5, 0.6) is 0 Å². The van der Waals surface area contributed by atoms with Crippen molar-refractivity contribution in [3.05, 3.63) is 66.0 Å². The monoisotopic (exact) mass is 391 g/mol. The first-order valence-electron chi connectivity index (χ1n) is 9.84. The molecule has 1 aliphatic heterocycles. The summed E-state index contributed by atoms with van der Waals surface area (Å²) in [5.41, 5.74) is 3.74. The number of hydrogen-bond acceptors (Lipinski definition) is 5. The fraction of sp³-hybridized carbons (Fsp3) is 0.333. The Morgan fingerprint density at radius 1 is 1.03 bits per heavy atom. The molecule has 0 bridgehead atoms. The van der Waals surface area contributed by atoms with Gasteiger partial charge in [-0.15, -0.1) is 10.2 Å². The van der Waals surface area contributed by atoms with Gasteiger partial charge >= 0.3 is 0 Å². The highest BCUT2D eigenvalue weighted by molar-refractivity contribution is 5.58. The average Bonchev–Trinajstić information content (AvgIpc) is 3.36. The third-order valence-electron chi connectivity index (χ3n) is 5.56. The predicted octanol–water partition coefficient (Wildman–Crippen LogP) is 3.04. The van der Waals surface area contributed by atoms with Gasteiger partial charge in [-0.1, -0.05) is 12.1 Å². The molecule has 0 N–H and O–H groups in total. The number of hydrogen-bond donors (Lipinski definition) is 0. The Morgan fingerprint density at radius 2 is 1.83 bits per heavy atom. The third-order valence-corrected chi connectivity index (χ3v) is 5.56.